The average Bonchev–Trinajstić information content (AvgIpc) is 3.53. The number of rotatable bonds is 7. The molecule has 0 bridgehead atoms. The summed E-state index contributed by atoms with van der Waals surface area (Å²) in [6.07, 6.45) is 3.53. The van der Waals surface area contributed by atoms with E-state index in [1.54, 1.807) is 23.1 Å². The summed E-state index contributed by atoms with van der Waals surface area (Å²) in [5.74, 6) is -1.89. The summed E-state index contributed by atoms with van der Waals surface area (Å²) in [5.41, 5.74) is 1.38. The van der Waals surface area contributed by atoms with Gasteiger partial charge in [0.2, 0.25) is 5.95 Å². The molecule has 0 N–H and O–H groups in total. The first-order chi connectivity index (χ1) is 16.4. The van der Waals surface area contributed by atoms with Crippen LogP contribution in [0.4, 0.5) is 13.2 Å². The standard InChI is InChI=1S/C24H21F3N6O/c1-31-23(27)20(21(30-31)22(25)26)24(34)32(16-9-10-16)14-19-18(15-6-5-11-28-12-15)13-33(29-19)17-7-3-2-4-8-17/h2-8,11-13,16,22H,9-10,14H2,1H3. The number of aromatic nitrogens is 5. The highest BCUT2D eigenvalue weighted by molar-refractivity contribution is 5.96. The highest BCUT2D eigenvalue weighted by atomic mass is 19.3. The van der Waals surface area contributed by atoms with Crippen molar-refractivity contribution in [2.75, 3.05) is 0 Å². The quantitative estimate of drug-likeness (QED) is 0.401. The third kappa shape index (κ3) is 4.07. The van der Waals surface area contributed by atoms with Crippen LogP contribution in [0.1, 0.15) is 41.0 Å². The van der Waals surface area contributed by atoms with Crippen molar-refractivity contribution in [2.45, 2.75) is 31.9 Å². The summed E-state index contributed by atoms with van der Waals surface area (Å²) in [6.45, 7) is 0.0323. The van der Waals surface area contributed by atoms with Gasteiger partial charge >= 0.3 is 0 Å². The minimum absolute atomic E-state index is 0.0323. The Morgan fingerprint density at radius 2 is 1.91 bits per heavy atom. The van der Waals surface area contributed by atoms with E-state index in [0.717, 1.165) is 16.8 Å². The van der Waals surface area contributed by atoms with Gasteiger partial charge in [-0.15, -0.1) is 0 Å². The molecule has 174 valence electrons. The summed E-state index contributed by atoms with van der Waals surface area (Å²) < 4.78 is 44.1. The molecule has 0 atom stereocenters. The fourth-order valence-corrected chi connectivity index (χ4v) is 3.93. The minimum Gasteiger partial charge on any atom is -0.329 e. The summed E-state index contributed by atoms with van der Waals surface area (Å²) in [5, 5.41) is 8.23. The maximum absolute atomic E-state index is 14.7. The van der Waals surface area contributed by atoms with Crippen LogP contribution in [0, 0.1) is 5.95 Å². The molecule has 0 spiro atoms. The molecule has 1 aliphatic carbocycles. The van der Waals surface area contributed by atoms with Crippen molar-refractivity contribution in [1.82, 2.24) is 29.4 Å². The van der Waals surface area contributed by atoms with Crippen LogP contribution in [0.5, 0.6) is 0 Å². The van der Waals surface area contributed by atoms with E-state index in [1.165, 1.54) is 11.9 Å². The van der Waals surface area contributed by atoms with E-state index in [1.807, 2.05) is 42.6 Å². The van der Waals surface area contributed by atoms with Gasteiger partial charge in [0.15, 0.2) is 0 Å². The topological polar surface area (TPSA) is 68.8 Å². The monoisotopic (exact) mass is 466 g/mol. The number of hydrogen-bond donors (Lipinski definition) is 0. The fourth-order valence-electron chi connectivity index (χ4n) is 3.93. The maximum Gasteiger partial charge on any atom is 0.283 e. The zero-order valence-electron chi connectivity index (χ0n) is 18.3. The number of aryl methyl sites for hydroxylation is 1. The van der Waals surface area contributed by atoms with Gasteiger partial charge in [-0.3, -0.25) is 9.78 Å². The Hall–Kier alpha value is -3.95. The van der Waals surface area contributed by atoms with Gasteiger partial charge in [0.05, 0.1) is 17.9 Å². The number of halogens is 3. The number of hydrogen-bond acceptors (Lipinski definition) is 4. The van der Waals surface area contributed by atoms with Crippen LogP contribution in [0.25, 0.3) is 16.8 Å². The predicted molar refractivity (Wildman–Crippen MR) is 118 cm³/mol. The molecule has 3 aromatic heterocycles. The molecular weight excluding hydrogens is 445 g/mol. The van der Waals surface area contributed by atoms with Crippen LogP contribution >= 0.6 is 0 Å². The Balaban J connectivity index is 1.56. The van der Waals surface area contributed by atoms with Gasteiger partial charge in [0, 0.05) is 42.8 Å². The van der Waals surface area contributed by atoms with Crippen molar-refractivity contribution in [3.8, 4) is 16.8 Å². The van der Waals surface area contributed by atoms with Crippen molar-refractivity contribution in [2.24, 2.45) is 7.05 Å². The Bertz CT molecular complexity index is 1320. The van der Waals surface area contributed by atoms with Crippen LogP contribution < -0.4 is 0 Å². The highest BCUT2D eigenvalue weighted by Gasteiger charge is 2.39. The number of amides is 1. The number of nitrogens with zero attached hydrogens (tertiary/aromatic N) is 6. The minimum atomic E-state index is -3.07. The molecule has 0 unspecified atom stereocenters. The molecule has 1 aromatic carbocycles. The molecule has 1 saturated carbocycles. The van der Waals surface area contributed by atoms with E-state index in [2.05, 4.69) is 10.1 Å². The van der Waals surface area contributed by atoms with Crippen LogP contribution in [0.2, 0.25) is 0 Å². The number of benzene rings is 1. The molecule has 3 heterocycles. The summed E-state index contributed by atoms with van der Waals surface area (Å²) >= 11 is 0. The van der Waals surface area contributed by atoms with Crippen molar-refractivity contribution < 1.29 is 18.0 Å². The molecule has 7 nitrogen and oxygen atoms in total. The van der Waals surface area contributed by atoms with Gasteiger partial charge in [-0.1, -0.05) is 24.3 Å². The van der Waals surface area contributed by atoms with E-state index < -0.39 is 29.5 Å². The number of carbonyl (C=O) groups excluding carboxylic acids is 1. The van der Waals surface area contributed by atoms with Crippen molar-refractivity contribution in [1.29, 1.82) is 0 Å². The first-order valence-corrected chi connectivity index (χ1v) is 10.8. The van der Waals surface area contributed by atoms with Crippen molar-refractivity contribution in [3.63, 3.8) is 0 Å². The molecule has 5 rings (SSSR count). The van der Waals surface area contributed by atoms with Gasteiger partial charge in [-0.05, 0) is 31.0 Å². The smallest absolute Gasteiger partial charge is 0.283 e. The largest absolute Gasteiger partial charge is 0.329 e. The molecule has 0 radical (unpaired) electrons. The maximum atomic E-state index is 14.7. The number of pyridine rings is 1. The fraction of sp³-hybridized carbons (Fsp3) is 0.250. The first-order valence-electron chi connectivity index (χ1n) is 10.8. The van der Waals surface area contributed by atoms with Gasteiger partial charge in [0.25, 0.3) is 12.3 Å². The molecule has 1 fully saturated rings. The normalized spacial score (nSPS) is 13.4. The first kappa shape index (κ1) is 21.9. The highest BCUT2D eigenvalue weighted by Crippen LogP contribution is 2.34. The lowest BCUT2D eigenvalue weighted by molar-refractivity contribution is 0.0710. The lowest BCUT2D eigenvalue weighted by Gasteiger charge is -2.22. The molecule has 1 amide bonds. The Labute approximate surface area is 193 Å². The summed E-state index contributed by atoms with van der Waals surface area (Å²) in [7, 11) is 1.20. The second-order valence-corrected chi connectivity index (χ2v) is 8.15. The second-order valence-electron chi connectivity index (χ2n) is 8.15. The van der Waals surface area contributed by atoms with E-state index >= 15 is 0 Å². The van der Waals surface area contributed by atoms with Crippen molar-refractivity contribution >= 4 is 5.91 Å². The number of alkyl halides is 2. The van der Waals surface area contributed by atoms with Gasteiger partial charge in [0.1, 0.15) is 11.3 Å². The van der Waals surface area contributed by atoms with E-state index in [-0.39, 0.29) is 12.6 Å². The van der Waals surface area contributed by atoms with Crippen LogP contribution in [0.3, 0.4) is 0 Å². The molecule has 10 heteroatoms. The van der Waals surface area contributed by atoms with Crippen LogP contribution in [-0.4, -0.2) is 41.4 Å². The molecule has 34 heavy (non-hydrogen) atoms. The Morgan fingerprint density at radius 1 is 1.15 bits per heavy atom. The zero-order chi connectivity index (χ0) is 23.8. The van der Waals surface area contributed by atoms with Gasteiger partial charge in [-0.2, -0.15) is 14.6 Å². The third-order valence-electron chi connectivity index (χ3n) is 5.78. The lowest BCUT2D eigenvalue weighted by atomic mass is 10.1. The Kier molecular flexibility index (Phi) is 5.64. The summed E-state index contributed by atoms with van der Waals surface area (Å²) in [4.78, 5) is 19.0. The predicted octanol–water partition coefficient (Wildman–Crippen LogP) is 4.55. The zero-order valence-corrected chi connectivity index (χ0v) is 18.3. The van der Waals surface area contributed by atoms with E-state index in [4.69, 9.17) is 5.10 Å². The van der Waals surface area contributed by atoms with E-state index in [0.29, 0.717) is 23.2 Å². The van der Waals surface area contributed by atoms with Crippen molar-refractivity contribution in [3.05, 3.63) is 84.0 Å². The Morgan fingerprint density at radius 3 is 2.56 bits per heavy atom. The lowest BCUT2D eigenvalue weighted by Crippen LogP contribution is -2.34. The SMILES string of the molecule is Cn1nc(C(F)F)c(C(=O)N(Cc2nn(-c3ccccc3)cc2-c2cccnc2)C2CC2)c1F. The van der Waals surface area contributed by atoms with Crippen LogP contribution in [-0.2, 0) is 13.6 Å². The summed E-state index contributed by atoms with van der Waals surface area (Å²) in [6, 6.07) is 13.0. The molecule has 0 saturated heterocycles. The molecule has 1 aliphatic rings. The van der Waals surface area contributed by atoms with Gasteiger partial charge < -0.3 is 4.90 Å². The third-order valence-corrected chi connectivity index (χ3v) is 5.78. The van der Waals surface area contributed by atoms with Gasteiger partial charge in [-0.25, -0.2) is 18.1 Å². The van der Waals surface area contributed by atoms with E-state index in [9.17, 15) is 18.0 Å². The number of carbonyl (C=O) groups is 1. The average molecular weight is 466 g/mol. The van der Waals surface area contributed by atoms with Crippen LogP contribution in [0.15, 0.2) is 61.1 Å². The second kappa shape index (κ2) is 8.77. The number of para-hydroxylation sites is 1. The molecule has 4 aromatic rings. The molecular formula is C24H21F3N6O. The molecule has 0 aliphatic heterocycles.